The Morgan fingerprint density at radius 2 is 2.17 bits per heavy atom. The summed E-state index contributed by atoms with van der Waals surface area (Å²) in [6.45, 7) is 5.02. The number of aromatic nitrogens is 3. The molecule has 24 heavy (non-hydrogen) atoms. The van der Waals surface area contributed by atoms with Crippen molar-refractivity contribution in [2.75, 3.05) is 13.2 Å². The summed E-state index contributed by atoms with van der Waals surface area (Å²) < 4.78 is 7.03. The number of carbonyl (C=O) groups is 1. The molecule has 0 bridgehead atoms. The number of H-pyrrole nitrogens is 1. The van der Waals surface area contributed by atoms with Gasteiger partial charge in [-0.2, -0.15) is 0 Å². The van der Waals surface area contributed by atoms with E-state index >= 15 is 0 Å². The van der Waals surface area contributed by atoms with Crippen LogP contribution in [0.15, 0.2) is 10.9 Å². The van der Waals surface area contributed by atoms with Gasteiger partial charge in [0, 0.05) is 30.5 Å². The van der Waals surface area contributed by atoms with Gasteiger partial charge in [-0.05, 0) is 39.5 Å². The summed E-state index contributed by atoms with van der Waals surface area (Å²) in [6.07, 6.45) is 3.28. The number of carbonyl (C=O) groups excluding carboxylic acids is 1. The number of hydrogen-bond acceptors (Lipinski definition) is 4. The van der Waals surface area contributed by atoms with Crippen LogP contribution in [-0.2, 0) is 9.53 Å². The van der Waals surface area contributed by atoms with Gasteiger partial charge in [-0.1, -0.05) is 0 Å². The van der Waals surface area contributed by atoms with Crippen LogP contribution in [0.25, 0.3) is 5.65 Å². The van der Waals surface area contributed by atoms with Crippen LogP contribution < -0.4 is 5.56 Å². The van der Waals surface area contributed by atoms with Crippen molar-refractivity contribution in [1.29, 1.82) is 0 Å². The summed E-state index contributed by atoms with van der Waals surface area (Å²) in [5, 5.41) is 3.16. The number of likely N-dealkylation sites (tertiary alicyclic amines) is 1. The number of fused-ring (bicyclic) bond motifs is 1. The third-order valence-electron chi connectivity index (χ3n) is 5.20. The topological polar surface area (TPSA) is 79.7 Å². The summed E-state index contributed by atoms with van der Waals surface area (Å²) in [4.78, 5) is 31.5. The SMILES string of the molecule is Cc1nc2cc([C@H]3CCCN3C(=O)[C@@H]3CCCO3)[nH]n2c(=O)c1C. The van der Waals surface area contributed by atoms with Crippen molar-refractivity contribution in [3.05, 3.63) is 33.4 Å². The minimum atomic E-state index is -0.305. The van der Waals surface area contributed by atoms with Crippen LogP contribution in [-0.4, -0.2) is 44.7 Å². The van der Waals surface area contributed by atoms with E-state index in [1.165, 1.54) is 4.52 Å². The second kappa shape index (κ2) is 5.73. The first-order valence-electron chi connectivity index (χ1n) is 8.57. The highest BCUT2D eigenvalue weighted by atomic mass is 16.5. The number of rotatable bonds is 2. The summed E-state index contributed by atoms with van der Waals surface area (Å²) >= 11 is 0. The van der Waals surface area contributed by atoms with Gasteiger partial charge in [-0.25, -0.2) is 9.50 Å². The van der Waals surface area contributed by atoms with Gasteiger partial charge in [0.15, 0.2) is 5.65 Å². The fourth-order valence-corrected chi connectivity index (χ4v) is 3.72. The molecule has 0 aromatic carbocycles. The Balaban J connectivity index is 1.69. The van der Waals surface area contributed by atoms with Gasteiger partial charge in [0.05, 0.1) is 11.7 Å². The van der Waals surface area contributed by atoms with Crippen LogP contribution in [0.2, 0.25) is 0 Å². The van der Waals surface area contributed by atoms with Crippen molar-refractivity contribution in [1.82, 2.24) is 19.5 Å². The lowest BCUT2D eigenvalue weighted by molar-refractivity contribution is -0.142. The van der Waals surface area contributed by atoms with Gasteiger partial charge < -0.3 is 9.64 Å². The molecule has 7 nitrogen and oxygen atoms in total. The number of aromatic amines is 1. The van der Waals surface area contributed by atoms with Crippen molar-refractivity contribution in [2.45, 2.75) is 51.7 Å². The Morgan fingerprint density at radius 1 is 1.33 bits per heavy atom. The molecule has 2 aromatic heterocycles. The number of aryl methyl sites for hydroxylation is 1. The Hall–Kier alpha value is -2.15. The predicted molar refractivity (Wildman–Crippen MR) is 87.9 cm³/mol. The van der Waals surface area contributed by atoms with E-state index in [9.17, 15) is 9.59 Å². The van der Waals surface area contributed by atoms with Crippen LogP contribution in [0.5, 0.6) is 0 Å². The van der Waals surface area contributed by atoms with Gasteiger partial charge in [0.25, 0.3) is 11.5 Å². The van der Waals surface area contributed by atoms with E-state index in [0.29, 0.717) is 17.8 Å². The van der Waals surface area contributed by atoms with Gasteiger partial charge in [-0.15, -0.1) is 0 Å². The van der Waals surface area contributed by atoms with Crippen LogP contribution in [0, 0.1) is 13.8 Å². The highest BCUT2D eigenvalue weighted by Crippen LogP contribution is 2.33. The van der Waals surface area contributed by atoms with Crippen molar-refractivity contribution in [3.8, 4) is 0 Å². The molecule has 4 rings (SSSR count). The zero-order chi connectivity index (χ0) is 16.8. The molecule has 2 aliphatic heterocycles. The Morgan fingerprint density at radius 3 is 2.92 bits per heavy atom. The zero-order valence-corrected chi connectivity index (χ0v) is 14.0. The molecule has 2 saturated heterocycles. The van der Waals surface area contributed by atoms with Crippen LogP contribution in [0.3, 0.4) is 0 Å². The van der Waals surface area contributed by atoms with E-state index in [1.54, 1.807) is 6.92 Å². The monoisotopic (exact) mass is 330 g/mol. The standard InChI is InChI=1S/C17H22N4O3/c1-10-11(2)18-15-9-12(19-21(15)16(10)22)13-5-3-7-20(13)17(23)14-6-4-8-24-14/h9,13-14,19H,3-8H2,1-2H3/t13-,14+/m1/s1. The molecule has 4 heterocycles. The molecule has 0 aliphatic carbocycles. The largest absolute Gasteiger partial charge is 0.368 e. The number of amides is 1. The fourth-order valence-electron chi connectivity index (χ4n) is 3.72. The third-order valence-corrected chi connectivity index (χ3v) is 5.20. The average Bonchev–Trinajstić information content (AvgIpc) is 3.30. The number of ether oxygens (including phenoxy) is 1. The second-order valence-electron chi connectivity index (χ2n) is 6.72. The lowest BCUT2D eigenvalue weighted by Gasteiger charge is -2.26. The number of nitrogens with zero attached hydrogens (tertiary/aromatic N) is 3. The highest BCUT2D eigenvalue weighted by Gasteiger charge is 2.36. The molecule has 1 amide bonds. The molecule has 2 atom stereocenters. The van der Waals surface area contributed by atoms with E-state index in [0.717, 1.165) is 43.6 Å². The molecule has 1 N–H and O–H groups in total. The van der Waals surface area contributed by atoms with E-state index < -0.39 is 0 Å². The Labute approximate surface area is 139 Å². The van der Waals surface area contributed by atoms with Crippen molar-refractivity contribution in [2.24, 2.45) is 0 Å². The van der Waals surface area contributed by atoms with Gasteiger partial charge in [0.1, 0.15) is 6.10 Å². The van der Waals surface area contributed by atoms with E-state index in [2.05, 4.69) is 10.1 Å². The predicted octanol–water partition coefficient (Wildman–Crippen LogP) is 1.48. The van der Waals surface area contributed by atoms with E-state index in [-0.39, 0.29) is 23.6 Å². The number of nitrogens with one attached hydrogen (secondary N) is 1. The third kappa shape index (κ3) is 2.34. The van der Waals surface area contributed by atoms with Crippen LogP contribution in [0.4, 0.5) is 0 Å². The Kier molecular flexibility index (Phi) is 3.68. The summed E-state index contributed by atoms with van der Waals surface area (Å²) in [6, 6.07) is 1.85. The Bertz CT molecular complexity index is 847. The molecule has 0 radical (unpaired) electrons. The van der Waals surface area contributed by atoms with E-state index in [1.807, 2.05) is 17.9 Å². The molecule has 2 aromatic rings. The normalized spacial score (nSPS) is 24.2. The molecule has 128 valence electrons. The maximum atomic E-state index is 12.7. The van der Waals surface area contributed by atoms with Crippen molar-refractivity contribution >= 4 is 11.6 Å². The molecular weight excluding hydrogens is 308 g/mol. The molecule has 2 fully saturated rings. The summed E-state index contributed by atoms with van der Waals surface area (Å²) in [7, 11) is 0. The lowest BCUT2D eigenvalue weighted by atomic mass is 10.1. The number of hydrogen-bond donors (Lipinski definition) is 1. The fraction of sp³-hybridized carbons (Fsp3) is 0.588. The van der Waals surface area contributed by atoms with Crippen LogP contribution >= 0.6 is 0 Å². The minimum absolute atomic E-state index is 0.0385. The first-order chi connectivity index (χ1) is 11.6. The molecule has 7 heteroatoms. The van der Waals surface area contributed by atoms with Gasteiger partial charge in [-0.3, -0.25) is 14.7 Å². The van der Waals surface area contributed by atoms with Gasteiger partial charge in [0.2, 0.25) is 0 Å². The molecule has 0 unspecified atom stereocenters. The lowest BCUT2D eigenvalue weighted by Crippen LogP contribution is -2.38. The molecule has 0 spiro atoms. The summed E-state index contributed by atoms with van der Waals surface area (Å²) in [5.41, 5.74) is 2.77. The highest BCUT2D eigenvalue weighted by molar-refractivity contribution is 5.82. The zero-order valence-electron chi connectivity index (χ0n) is 14.0. The second-order valence-corrected chi connectivity index (χ2v) is 6.72. The van der Waals surface area contributed by atoms with Crippen LogP contribution in [0.1, 0.15) is 48.7 Å². The maximum Gasteiger partial charge on any atom is 0.275 e. The maximum absolute atomic E-state index is 12.7. The molecule has 2 aliphatic rings. The first kappa shape index (κ1) is 15.4. The molecule has 0 saturated carbocycles. The quantitative estimate of drug-likeness (QED) is 0.904. The van der Waals surface area contributed by atoms with Gasteiger partial charge >= 0.3 is 0 Å². The van der Waals surface area contributed by atoms with E-state index in [4.69, 9.17) is 4.74 Å². The smallest absolute Gasteiger partial charge is 0.275 e. The first-order valence-corrected chi connectivity index (χ1v) is 8.57. The average molecular weight is 330 g/mol. The summed E-state index contributed by atoms with van der Waals surface area (Å²) in [5.74, 6) is 0.0707. The molecular formula is C17H22N4O3. The van der Waals surface area contributed by atoms with Crippen molar-refractivity contribution in [3.63, 3.8) is 0 Å². The minimum Gasteiger partial charge on any atom is -0.368 e. The van der Waals surface area contributed by atoms with Crippen molar-refractivity contribution < 1.29 is 9.53 Å².